The third-order valence-corrected chi connectivity index (χ3v) is 3.23. The van der Waals surface area contributed by atoms with Gasteiger partial charge in [0.2, 0.25) is 0 Å². The van der Waals surface area contributed by atoms with Gasteiger partial charge in [0.15, 0.2) is 0 Å². The molecule has 0 atom stereocenters. The predicted octanol–water partition coefficient (Wildman–Crippen LogP) is 0.980. The van der Waals surface area contributed by atoms with Crippen LogP contribution in [0.2, 0.25) is 0 Å². The molecule has 0 aromatic heterocycles. The van der Waals surface area contributed by atoms with Crippen LogP contribution in [-0.2, 0) is 0 Å². The molecule has 0 unspecified atom stereocenters. The van der Waals surface area contributed by atoms with Gasteiger partial charge in [0, 0.05) is 0 Å². The van der Waals surface area contributed by atoms with Crippen LogP contribution in [-0.4, -0.2) is 33.2 Å². The van der Waals surface area contributed by atoms with Gasteiger partial charge in [0.25, 0.3) is 0 Å². The molecule has 15 heavy (non-hydrogen) atoms. The molecule has 0 saturated heterocycles. The van der Waals surface area contributed by atoms with Crippen molar-refractivity contribution in [2.24, 2.45) is 0 Å². The number of benzene rings is 1. The molecule has 0 radical (unpaired) electrons. The first-order chi connectivity index (χ1) is 7.26. The molecule has 1 rings (SSSR count). The zero-order valence-electron chi connectivity index (χ0n) is 8.79. The van der Waals surface area contributed by atoms with E-state index in [9.17, 15) is 4.79 Å². The number of urea groups is 1. The molecule has 0 bridgehead atoms. The SMILES string of the molecule is C=[As]c1ccc(NC(=O)NCCC)cc1. The van der Waals surface area contributed by atoms with E-state index in [2.05, 4.69) is 15.9 Å². The van der Waals surface area contributed by atoms with E-state index in [4.69, 9.17) is 0 Å². The molecule has 0 heterocycles. The fourth-order valence-electron chi connectivity index (χ4n) is 1.06. The van der Waals surface area contributed by atoms with E-state index in [1.807, 2.05) is 31.2 Å². The van der Waals surface area contributed by atoms with Gasteiger partial charge in [-0.3, -0.25) is 0 Å². The summed E-state index contributed by atoms with van der Waals surface area (Å²) in [6, 6.07) is 7.67. The fourth-order valence-corrected chi connectivity index (χ4v) is 1.82. The van der Waals surface area contributed by atoms with Crippen LogP contribution < -0.4 is 15.0 Å². The molecule has 0 fully saturated rings. The van der Waals surface area contributed by atoms with Gasteiger partial charge in [-0.05, 0) is 0 Å². The van der Waals surface area contributed by atoms with Crippen LogP contribution in [0.25, 0.3) is 0 Å². The molecule has 1 aromatic rings. The van der Waals surface area contributed by atoms with E-state index in [1.54, 1.807) is 0 Å². The van der Waals surface area contributed by atoms with Gasteiger partial charge in [0.05, 0.1) is 0 Å². The maximum atomic E-state index is 11.3. The summed E-state index contributed by atoms with van der Waals surface area (Å²) in [7, 11) is 0. The van der Waals surface area contributed by atoms with Crippen molar-refractivity contribution in [3.63, 3.8) is 0 Å². The number of amides is 2. The summed E-state index contributed by atoms with van der Waals surface area (Å²) in [5.74, 6) is 0. The summed E-state index contributed by atoms with van der Waals surface area (Å²) >= 11 is 0.0172. The molecule has 0 spiro atoms. The van der Waals surface area contributed by atoms with Gasteiger partial charge >= 0.3 is 96.3 Å². The molecule has 0 saturated carbocycles. The number of rotatable bonds is 4. The van der Waals surface area contributed by atoms with Gasteiger partial charge in [-0.2, -0.15) is 0 Å². The fraction of sp³-hybridized carbons (Fsp3) is 0.273. The minimum atomic E-state index is -0.146. The molecular weight excluding hydrogens is 251 g/mol. The van der Waals surface area contributed by atoms with Crippen molar-refractivity contribution in [3.8, 4) is 0 Å². The Bertz CT molecular complexity index is 335. The second-order valence-corrected chi connectivity index (χ2v) is 4.83. The van der Waals surface area contributed by atoms with Crippen molar-refractivity contribution >= 4 is 36.7 Å². The first-order valence-corrected chi connectivity index (χ1v) is 7.14. The molecule has 80 valence electrons. The van der Waals surface area contributed by atoms with E-state index in [1.165, 1.54) is 4.35 Å². The standard InChI is InChI=1S/C11H15AsN2O/c1-3-8-13-11(15)14-10-6-4-9(12-2)5-7-10/h4-7H,2-3,8H2,1H3,(H2,13,14,15). The molecule has 3 nitrogen and oxygen atoms in total. The second kappa shape index (κ2) is 6.41. The van der Waals surface area contributed by atoms with Gasteiger partial charge in [-0.1, -0.05) is 0 Å². The number of hydrogen-bond acceptors (Lipinski definition) is 1. The molecule has 4 heteroatoms. The maximum absolute atomic E-state index is 11.3. The van der Waals surface area contributed by atoms with Gasteiger partial charge in [-0.25, -0.2) is 0 Å². The van der Waals surface area contributed by atoms with E-state index in [-0.39, 0.29) is 21.3 Å². The average Bonchev–Trinajstić information content (AvgIpc) is 2.27. The Kier molecular flexibility index (Phi) is 5.12. The molecule has 0 aliphatic rings. The van der Waals surface area contributed by atoms with Crippen LogP contribution in [0, 0.1) is 0 Å². The summed E-state index contributed by atoms with van der Waals surface area (Å²) in [6.07, 6.45) is 0.942. The zero-order valence-corrected chi connectivity index (χ0v) is 10.7. The summed E-state index contributed by atoms with van der Waals surface area (Å²) in [5, 5.41) is 9.40. The average molecular weight is 266 g/mol. The third kappa shape index (κ3) is 4.30. The number of anilines is 1. The van der Waals surface area contributed by atoms with Crippen LogP contribution in [0.1, 0.15) is 13.3 Å². The first kappa shape index (κ1) is 12.0. The normalized spacial score (nSPS) is 9.93. The Labute approximate surface area is 96.5 Å². The number of carbonyl (C=O) groups is 1. The summed E-state index contributed by atoms with van der Waals surface area (Å²) in [5.41, 5.74) is 0.821. The molecule has 2 N–H and O–H groups in total. The number of hydrogen-bond donors (Lipinski definition) is 2. The van der Waals surface area contributed by atoms with Crippen molar-refractivity contribution in [1.29, 1.82) is 0 Å². The molecule has 0 aliphatic carbocycles. The quantitative estimate of drug-likeness (QED) is 0.784. The first-order valence-electron chi connectivity index (χ1n) is 4.88. The van der Waals surface area contributed by atoms with Crippen molar-refractivity contribution in [2.45, 2.75) is 13.3 Å². The third-order valence-electron chi connectivity index (χ3n) is 1.84. The zero-order chi connectivity index (χ0) is 11.1. The van der Waals surface area contributed by atoms with E-state index in [0.29, 0.717) is 6.54 Å². The van der Waals surface area contributed by atoms with E-state index < -0.39 is 0 Å². The molecule has 0 aliphatic heterocycles. The van der Waals surface area contributed by atoms with Crippen molar-refractivity contribution < 1.29 is 4.79 Å². The summed E-state index contributed by atoms with van der Waals surface area (Å²) in [6.45, 7) is 2.72. The topological polar surface area (TPSA) is 41.1 Å². The second-order valence-electron chi connectivity index (χ2n) is 3.09. The minimum absolute atomic E-state index is 0.0172. The van der Waals surface area contributed by atoms with Crippen LogP contribution in [0.4, 0.5) is 10.5 Å². The molecule has 2 amide bonds. The number of carbonyl (C=O) groups excluding carboxylic acids is 1. The number of nitrogens with one attached hydrogen (secondary N) is 2. The van der Waals surface area contributed by atoms with Crippen molar-refractivity contribution in [1.82, 2.24) is 5.32 Å². The van der Waals surface area contributed by atoms with Crippen LogP contribution in [0.15, 0.2) is 24.3 Å². The predicted molar refractivity (Wildman–Crippen MR) is 66.3 cm³/mol. The van der Waals surface area contributed by atoms with Gasteiger partial charge in [-0.15, -0.1) is 0 Å². The van der Waals surface area contributed by atoms with E-state index in [0.717, 1.165) is 12.1 Å². The monoisotopic (exact) mass is 266 g/mol. The Morgan fingerprint density at radius 2 is 2.07 bits per heavy atom. The molecular formula is C11H15AsN2O. The van der Waals surface area contributed by atoms with E-state index >= 15 is 0 Å². The van der Waals surface area contributed by atoms with Crippen molar-refractivity contribution in [2.75, 3.05) is 11.9 Å². The Morgan fingerprint density at radius 3 is 2.60 bits per heavy atom. The van der Waals surface area contributed by atoms with Crippen LogP contribution in [0.3, 0.4) is 0 Å². The Morgan fingerprint density at radius 1 is 1.40 bits per heavy atom. The Hall–Kier alpha value is -1.08. The molecule has 1 aromatic carbocycles. The van der Waals surface area contributed by atoms with Crippen LogP contribution >= 0.6 is 0 Å². The van der Waals surface area contributed by atoms with Crippen LogP contribution in [0.5, 0.6) is 0 Å². The summed E-state index contributed by atoms with van der Waals surface area (Å²) in [4.78, 5) is 11.3. The summed E-state index contributed by atoms with van der Waals surface area (Å²) < 4.78 is 1.26. The van der Waals surface area contributed by atoms with Gasteiger partial charge in [0.1, 0.15) is 0 Å². The Balaban J connectivity index is 2.49. The van der Waals surface area contributed by atoms with Crippen molar-refractivity contribution in [3.05, 3.63) is 24.3 Å². The van der Waals surface area contributed by atoms with Gasteiger partial charge < -0.3 is 0 Å².